The maximum absolute atomic E-state index is 12.4. The molecule has 4 N–H and O–H groups in total. The average molecular weight is 726 g/mol. The van der Waals surface area contributed by atoms with Crippen LogP contribution >= 0.6 is 22.6 Å². The van der Waals surface area contributed by atoms with Gasteiger partial charge >= 0.3 is 12.0 Å². The van der Waals surface area contributed by atoms with Crippen LogP contribution in [0.15, 0.2) is 77.0 Å². The summed E-state index contributed by atoms with van der Waals surface area (Å²) in [5.74, 6) is 0.824. The SMILES string of the molecule is CCOc1cc([C@H]2NC(=O)NC(C)=C2C(=O)OC)ccc1OC[C@H](O)N/N=C\c1ccc(OCc2ccccc2C#N)c(I)c1. The molecule has 4 rings (SSSR count). The number of methoxy groups -OCH3 is 1. The number of nitriles is 1. The zero-order chi connectivity index (χ0) is 32.3. The standard InChI is InChI=1S/C32H32IN5O7/c1-4-43-27-14-21(30-29(31(40)42-3)19(2)36-32(41)37-30)10-12-26(27)45-18-28(39)38-35-16-20-9-11-25(24(33)13-20)44-17-23-8-6-5-7-22(23)15-34/h5-14,16,28,30,38-39H,4,17-18H2,1-3H3,(H2,36,37,41)/b35-16-/t28-,30+/m0/s1. The topological polar surface area (TPSA) is 164 Å². The molecule has 3 aromatic rings. The third-order valence-corrected chi connectivity index (χ3v) is 7.43. The van der Waals surface area contributed by atoms with Crippen molar-refractivity contribution < 1.29 is 33.6 Å². The van der Waals surface area contributed by atoms with Crippen molar-refractivity contribution >= 4 is 40.8 Å². The number of halogens is 1. The van der Waals surface area contributed by atoms with Crippen molar-refractivity contribution in [1.29, 1.82) is 5.26 Å². The Morgan fingerprint density at radius 3 is 2.64 bits per heavy atom. The second-order valence-corrected chi connectivity index (χ2v) is 10.8. The predicted molar refractivity (Wildman–Crippen MR) is 174 cm³/mol. The summed E-state index contributed by atoms with van der Waals surface area (Å²) in [5.41, 5.74) is 6.03. The van der Waals surface area contributed by atoms with Crippen LogP contribution in [0.3, 0.4) is 0 Å². The molecule has 0 saturated heterocycles. The van der Waals surface area contributed by atoms with Gasteiger partial charge in [-0.2, -0.15) is 10.4 Å². The summed E-state index contributed by atoms with van der Waals surface area (Å²) < 4.78 is 23.2. The number of ether oxygens (including phenoxy) is 4. The Morgan fingerprint density at radius 1 is 1.13 bits per heavy atom. The number of benzene rings is 3. The number of aliphatic hydroxyl groups excluding tert-OH is 1. The Morgan fingerprint density at radius 2 is 1.91 bits per heavy atom. The summed E-state index contributed by atoms with van der Waals surface area (Å²) in [6.45, 7) is 3.89. The van der Waals surface area contributed by atoms with Crippen LogP contribution in [0, 0.1) is 14.9 Å². The molecule has 3 aromatic carbocycles. The lowest BCUT2D eigenvalue weighted by molar-refractivity contribution is -0.136. The average Bonchev–Trinajstić information content (AvgIpc) is 3.03. The molecule has 1 aliphatic rings. The van der Waals surface area contributed by atoms with Gasteiger partial charge in [0.2, 0.25) is 0 Å². The van der Waals surface area contributed by atoms with E-state index in [2.05, 4.69) is 49.8 Å². The second kappa shape index (κ2) is 15.8. The molecule has 0 aromatic heterocycles. The Hall–Kier alpha value is -4.81. The van der Waals surface area contributed by atoms with Gasteiger partial charge in [-0.1, -0.05) is 24.3 Å². The maximum Gasteiger partial charge on any atom is 0.337 e. The number of allylic oxidation sites excluding steroid dienone is 1. The number of aliphatic hydroxyl groups is 1. The monoisotopic (exact) mass is 725 g/mol. The van der Waals surface area contributed by atoms with Gasteiger partial charge in [-0.05, 0) is 84.0 Å². The van der Waals surface area contributed by atoms with E-state index in [-0.39, 0.29) is 18.8 Å². The van der Waals surface area contributed by atoms with E-state index in [1.807, 2.05) is 43.3 Å². The van der Waals surface area contributed by atoms with Crippen LogP contribution in [0.4, 0.5) is 4.79 Å². The van der Waals surface area contributed by atoms with Gasteiger partial charge in [0.25, 0.3) is 0 Å². The summed E-state index contributed by atoms with van der Waals surface area (Å²) >= 11 is 2.16. The van der Waals surface area contributed by atoms with Gasteiger partial charge in [0.15, 0.2) is 17.7 Å². The molecule has 1 heterocycles. The fourth-order valence-corrected chi connectivity index (χ4v) is 5.14. The Kier molecular flexibility index (Phi) is 11.6. The largest absolute Gasteiger partial charge is 0.490 e. The van der Waals surface area contributed by atoms with Crippen LogP contribution in [-0.2, 0) is 16.1 Å². The molecule has 2 amide bonds. The molecule has 234 valence electrons. The van der Waals surface area contributed by atoms with Gasteiger partial charge in [0, 0.05) is 11.3 Å². The predicted octanol–water partition coefficient (Wildman–Crippen LogP) is 4.26. The van der Waals surface area contributed by atoms with Gasteiger partial charge in [0.1, 0.15) is 19.0 Å². The van der Waals surface area contributed by atoms with Crippen LogP contribution in [0.2, 0.25) is 0 Å². The minimum absolute atomic E-state index is 0.151. The zero-order valence-electron chi connectivity index (χ0n) is 24.8. The van der Waals surface area contributed by atoms with E-state index in [1.54, 1.807) is 37.4 Å². The van der Waals surface area contributed by atoms with Crippen molar-refractivity contribution in [2.24, 2.45) is 5.10 Å². The van der Waals surface area contributed by atoms with Crippen LogP contribution < -0.4 is 30.3 Å². The number of hydrazone groups is 1. The van der Waals surface area contributed by atoms with Crippen molar-refractivity contribution in [1.82, 2.24) is 16.1 Å². The minimum Gasteiger partial charge on any atom is -0.490 e. The molecular weight excluding hydrogens is 693 g/mol. The van der Waals surface area contributed by atoms with Gasteiger partial charge in [-0.3, -0.25) is 5.43 Å². The molecule has 0 unspecified atom stereocenters. The Bertz CT molecular complexity index is 1650. The number of carbonyl (C=O) groups excluding carboxylic acids is 2. The number of rotatable bonds is 13. The second-order valence-electron chi connectivity index (χ2n) is 9.66. The number of esters is 1. The first-order valence-corrected chi connectivity index (χ1v) is 14.9. The normalized spacial score (nSPS) is 15.0. The molecule has 0 saturated carbocycles. The number of nitrogens with one attached hydrogen (secondary N) is 3. The van der Waals surface area contributed by atoms with Gasteiger partial charge < -0.3 is 34.7 Å². The number of hydrogen-bond donors (Lipinski definition) is 4. The van der Waals surface area contributed by atoms with Crippen molar-refractivity contribution in [2.75, 3.05) is 20.3 Å². The first kappa shape index (κ1) is 33.1. The molecule has 0 fully saturated rings. The number of urea groups is 1. The molecule has 0 bridgehead atoms. The summed E-state index contributed by atoms with van der Waals surface area (Å²) in [7, 11) is 1.27. The fourth-order valence-electron chi connectivity index (χ4n) is 4.45. The Balaban J connectivity index is 1.35. The van der Waals surface area contributed by atoms with E-state index >= 15 is 0 Å². The van der Waals surface area contributed by atoms with E-state index < -0.39 is 24.3 Å². The lowest BCUT2D eigenvalue weighted by atomic mass is 9.95. The van der Waals surface area contributed by atoms with Gasteiger partial charge in [-0.15, -0.1) is 0 Å². The van der Waals surface area contributed by atoms with Crippen molar-refractivity contribution in [2.45, 2.75) is 32.7 Å². The van der Waals surface area contributed by atoms with Crippen LogP contribution in [0.25, 0.3) is 0 Å². The van der Waals surface area contributed by atoms with Crippen LogP contribution in [0.1, 0.15) is 42.1 Å². The Labute approximate surface area is 274 Å². The minimum atomic E-state index is -1.14. The number of hydrogen-bond acceptors (Lipinski definition) is 10. The van der Waals surface area contributed by atoms with Gasteiger partial charge in [0.05, 0.1) is 46.7 Å². The molecule has 45 heavy (non-hydrogen) atoms. The van der Waals surface area contributed by atoms with E-state index in [9.17, 15) is 20.0 Å². The molecule has 12 nitrogen and oxygen atoms in total. The summed E-state index contributed by atoms with van der Waals surface area (Å²) in [5, 5.41) is 29.1. The quantitative estimate of drug-likeness (QED) is 0.0663. The lowest BCUT2D eigenvalue weighted by Gasteiger charge is -2.28. The molecule has 0 aliphatic carbocycles. The maximum atomic E-state index is 12.4. The highest BCUT2D eigenvalue weighted by Crippen LogP contribution is 2.35. The molecule has 0 radical (unpaired) electrons. The van der Waals surface area contributed by atoms with Crippen molar-refractivity contribution in [3.05, 3.63) is 97.8 Å². The first-order chi connectivity index (χ1) is 21.7. The summed E-state index contributed by atoms with van der Waals surface area (Å²) in [6.07, 6.45) is 0.417. The van der Waals surface area contributed by atoms with Gasteiger partial charge in [-0.25, -0.2) is 9.59 Å². The number of amides is 2. The molecule has 1 aliphatic heterocycles. The fraction of sp³-hybridized carbons (Fsp3) is 0.250. The molecule has 2 atom stereocenters. The zero-order valence-corrected chi connectivity index (χ0v) is 27.0. The van der Waals surface area contributed by atoms with E-state index in [0.717, 1.165) is 14.7 Å². The van der Waals surface area contributed by atoms with E-state index in [1.165, 1.54) is 7.11 Å². The smallest absolute Gasteiger partial charge is 0.337 e. The molecule has 13 heteroatoms. The third kappa shape index (κ3) is 8.64. The van der Waals surface area contributed by atoms with E-state index in [0.29, 0.717) is 40.7 Å². The number of carbonyl (C=O) groups is 2. The highest BCUT2D eigenvalue weighted by molar-refractivity contribution is 14.1. The van der Waals surface area contributed by atoms with Crippen LogP contribution in [0.5, 0.6) is 17.2 Å². The van der Waals surface area contributed by atoms with Crippen molar-refractivity contribution in [3.8, 4) is 23.3 Å². The van der Waals surface area contributed by atoms with E-state index in [4.69, 9.17) is 18.9 Å². The highest BCUT2D eigenvalue weighted by Gasteiger charge is 2.32. The first-order valence-electron chi connectivity index (χ1n) is 13.9. The molecule has 0 spiro atoms. The third-order valence-electron chi connectivity index (χ3n) is 6.59. The lowest BCUT2D eigenvalue weighted by Crippen LogP contribution is -2.45. The molecular formula is C32H32IN5O7. The van der Waals surface area contributed by atoms with Crippen LogP contribution in [-0.4, -0.2) is 49.9 Å². The number of nitrogens with zero attached hydrogens (tertiary/aromatic N) is 2. The van der Waals surface area contributed by atoms with Crippen molar-refractivity contribution in [3.63, 3.8) is 0 Å². The summed E-state index contributed by atoms with van der Waals surface area (Å²) in [4.78, 5) is 24.6. The summed E-state index contributed by atoms with van der Waals surface area (Å²) in [6, 6.07) is 18.8. The highest BCUT2D eigenvalue weighted by atomic mass is 127.